The Labute approximate surface area is 98.1 Å². The first-order valence-corrected chi connectivity index (χ1v) is 6.13. The van der Waals surface area contributed by atoms with Gasteiger partial charge in [-0.2, -0.15) is 0 Å². The van der Waals surface area contributed by atoms with Gasteiger partial charge in [-0.15, -0.1) is 0 Å². The molecule has 2 N–H and O–H groups in total. The molecule has 1 aliphatic rings. The number of nitrogens with one attached hydrogen (secondary N) is 2. The van der Waals surface area contributed by atoms with Crippen molar-refractivity contribution in [2.45, 2.75) is 32.7 Å². The molecule has 94 valence electrons. The van der Waals surface area contributed by atoms with E-state index in [1.54, 1.807) is 7.11 Å². The summed E-state index contributed by atoms with van der Waals surface area (Å²) in [5, 5.41) is 6.33. The number of piperidine rings is 1. The van der Waals surface area contributed by atoms with Gasteiger partial charge < -0.3 is 15.4 Å². The zero-order valence-electron chi connectivity index (χ0n) is 10.6. The van der Waals surface area contributed by atoms with Gasteiger partial charge in [0.15, 0.2) is 0 Å². The van der Waals surface area contributed by atoms with Crippen molar-refractivity contribution in [3.63, 3.8) is 0 Å². The van der Waals surface area contributed by atoms with E-state index in [9.17, 15) is 4.79 Å². The van der Waals surface area contributed by atoms with Crippen molar-refractivity contribution >= 4 is 5.91 Å². The molecule has 0 bridgehead atoms. The Balaban J connectivity index is 2.19. The molecule has 4 heteroatoms. The van der Waals surface area contributed by atoms with Crippen LogP contribution < -0.4 is 10.6 Å². The molecule has 4 nitrogen and oxygen atoms in total. The summed E-state index contributed by atoms with van der Waals surface area (Å²) in [7, 11) is 1.69. The van der Waals surface area contributed by atoms with Gasteiger partial charge in [0.1, 0.15) is 0 Å². The van der Waals surface area contributed by atoms with Crippen LogP contribution in [0.25, 0.3) is 0 Å². The first-order chi connectivity index (χ1) is 7.63. The van der Waals surface area contributed by atoms with Crippen LogP contribution in [0.4, 0.5) is 0 Å². The molecule has 3 unspecified atom stereocenters. The molecule has 0 saturated carbocycles. The third kappa shape index (κ3) is 4.49. The summed E-state index contributed by atoms with van der Waals surface area (Å²) in [5.41, 5.74) is 0. The average molecular weight is 228 g/mol. The Morgan fingerprint density at radius 2 is 2.31 bits per heavy atom. The fourth-order valence-corrected chi connectivity index (χ4v) is 1.99. The van der Waals surface area contributed by atoms with Crippen LogP contribution in [0.1, 0.15) is 26.7 Å². The van der Waals surface area contributed by atoms with Crippen molar-refractivity contribution in [2.24, 2.45) is 11.8 Å². The molecule has 1 saturated heterocycles. The Morgan fingerprint density at radius 3 is 2.88 bits per heavy atom. The number of hydrogen-bond donors (Lipinski definition) is 2. The molecule has 0 aromatic rings. The second-order valence-corrected chi connectivity index (χ2v) is 4.89. The molecule has 1 rings (SSSR count). The SMILES string of the molecule is COCC(C)CNC(=O)C1CCC(C)NC1. The van der Waals surface area contributed by atoms with Gasteiger partial charge in [0.25, 0.3) is 0 Å². The number of methoxy groups -OCH3 is 1. The van der Waals surface area contributed by atoms with Crippen LogP contribution in [-0.2, 0) is 9.53 Å². The number of amides is 1. The monoisotopic (exact) mass is 228 g/mol. The molecule has 0 spiro atoms. The van der Waals surface area contributed by atoms with Gasteiger partial charge in [0.05, 0.1) is 12.5 Å². The first-order valence-electron chi connectivity index (χ1n) is 6.13. The number of carbonyl (C=O) groups is 1. The Kier molecular flexibility index (Phi) is 5.77. The van der Waals surface area contributed by atoms with E-state index in [4.69, 9.17) is 4.74 Å². The summed E-state index contributed by atoms with van der Waals surface area (Å²) in [6.45, 7) is 6.45. The predicted octanol–water partition coefficient (Wildman–Crippen LogP) is 0.773. The van der Waals surface area contributed by atoms with Gasteiger partial charge in [-0.05, 0) is 25.7 Å². The van der Waals surface area contributed by atoms with Gasteiger partial charge >= 0.3 is 0 Å². The van der Waals surface area contributed by atoms with E-state index in [-0.39, 0.29) is 11.8 Å². The summed E-state index contributed by atoms with van der Waals surface area (Å²) in [4.78, 5) is 11.8. The third-order valence-electron chi connectivity index (χ3n) is 3.11. The predicted molar refractivity (Wildman–Crippen MR) is 64.2 cm³/mol. The van der Waals surface area contributed by atoms with Crippen LogP contribution in [0.3, 0.4) is 0 Å². The fraction of sp³-hybridized carbons (Fsp3) is 0.917. The molecule has 0 aromatic carbocycles. The number of ether oxygens (including phenoxy) is 1. The van der Waals surface area contributed by atoms with Crippen molar-refractivity contribution < 1.29 is 9.53 Å². The van der Waals surface area contributed by atoms with E-state index in [1.807, 2.05) is 0 Å². The van der Waals surface area contributed by atoms with Gasteiger partial charge in [0.2, 0.25) is 5.91 Å². The zero-order valence-corrected chi connectivity index (χ0v) is 10.6. The van der Waals surface area contributed by atoms with E-state index in [1.165, 1.54) is 0 Å². The van der Waals surface area contributed by atoms with Crippen LogP contribution in [0.5, 0.6) is 0 Å². The summed E-state index contributed by atoms with van der Waals surface area (Å²) in [6, 6.07) is 0.552. The van der Waals surface area contributed by atoms with Crippen LogP contribution in [0.2, 0.25) is 0 Å². The maximum absolute atomic E-state index is 11.8. The molecule has 0 aromatic heterocycles. The summed E-state index contributed by atoms with van der Waals surface area (Å²) >= 11 is 0. The molecule has 3 atom stereocenters. The lowest BCUT2D eigenvalue weighted by molar-refractivity contribution is -0.125. The minimum atomic E-state index is 0.144. The van der Waals surface area contributed by atoms with Gasteiger partial charge in [-0.1, -0.05) is 6.92 Å². The van der Waals surface area contributed by atoms with Crippen molar-refractivity contribution in [3.05, 3.63) is 0 Å². The minimum Gasteiger partial charge on any atom is -0.384 e. The molecule has 1 heterocycles. The molecule has 0 aliphatic carbocycles. The molecule has 0 radical (unpaired) electrons. The highest BCUT2D eigenvalue weighted by Gasteiger charge is 2.23. The number of carbonyl (C=O) groups excluding carboxylic acids is 1. The maximum Gasteiger partial charge on any atom is 0.224 e. The third-order valence-corrected chi connectivity index (χ3v) is 3.11. The van der Waals surface area contributed by atoms with Gasteiger partial charge in [-0.3, -0.25) is 4.79 Å². The topological polar surface area (TPSA) is 50.4 Å². The van der Waals surface area contributed by atoms with Crippen LogP contribution in [0.15, 0.2) is 0 Å². The highest BCUT2D eigenvalue weighted by Crippen LogP contribution is 2.14. The van der Waals surface area contributed by atoms with E-state index < -0.39 is 0 Å². The van der Waals surface area contributed by atoms with E-state index >= 15 is 0 Å². The highest BCUT2D eigenvalue weighted by molar-refractivity contribution is 5.78. The molecule has 1 amide bonds. The second-order valence-electron chi connectivity index (χ2n) is 4.89. The molecule has 16 heavy (non-hydrogen) atoms. The summed E-state index contributed by atoms with van der Waals surface area (Å²) in [6.07, 6.45) is 2.09. The normalized spacial score (nSPS) is 27.4. The summed E-state index contributed by atoms with van der Waals surface area (Å²) < 4.78 is 5.03. The number of rotatable bonds is 5. The lowest BCUT2D eigenvalue weighted by Gasteiger charge is -2.27. The Morgan fingerprint density at radius 1 is 1.56 bits per heavy atom. The molecular formula is C12H24N2O2. The maximum atomic E-state index is 11.8. The molecular weight excluding hydrogens is 204 g/mol. The fourth-order valence-electron chi connectivity index (χ4n) is 1.99. The highest BCUT2D eigenvalue weighted by atomic mass is 16.5. The number of hydrogen-bond acceptors (Lipinski definition) is 3. The van der Waals surface area contributed by atoms with Crippen LogP contribution >= 0.6 is 0 Å². The largest absolute Gasteiger partial charge is 0.384 e. The second kappa shape index (κ2) is 6.86. The first kappa shape index (κ1) is 13.5. The Hall–Kier alpha value is -0.610. The zero-order chi connectivity index (χ0) is 12.0. The van der Waals surface area contributed by atoms with Gasteiger partial charge in [0, 0.05) is 26.2 Å². The minimum absolute atomic E-state index is 0.144. The lowest BCUT2D eigenvalue weighted by Crippen LogP contribution is -2.45. The van der Waals surface area contributed by atoms with E-state index in [0.717, 1.165) is 19.4 Å². The lowest BCUT2D eigenvalue weighted by atomic mass is 9.94. The standard InChI is InChI=1S/C12H24N2O2/c1-9(8-16-3)6-14-12(15)11-5-4-10(2)13-7-11/h9-11,13H,4-8H2,1-3H3,(H,14,15). The molecule has 1 fully saturated rings. The van der Waals surface area contributed by atoms with Crippen molar-refractivity contribution in [1.29, 1.82) is 0 Å². The quantitative estimate of drug-likeness (QED) is 0.731. The van der Waals surface area contributed by atoms with Crippen molar-refractivity contribution in [1.82, 2.24) is 10.6 Å². The van der Waals surface area contributed by atoms with E-state index in [2.05, 4.69) is 24.5 Å². The van der Waals surface area contributed by atoms with Crippen molar-refractivity contribution in [2.75, 3.05) is 26.8 Å². The smallest absolute Gasteiger partial charge is 0.224 e. The average Bonchev–Trinajstić information content (AvgIpc) is 2.27. The Bertz CT molecular complexity index is 213. The van der Waals surface area contributed by atoms with Crippen molar-refractivity contribution in [3.8, 4) is 0 Å². The summed E-state index contributed by atoms with van der Waals surface area (Å²) in [5.74, 6) is 0.706. The van der Waals surface area contributed by atoms with E-state index in [0.29, 0.717) is 25.1 Å². The van der Waals surface area contributed by atoms with Crippen LogP contribution in [0, 0.1) is 11.8 Å². The van der Waals surface area contributed by atoms with Crippen LogP contribution in [-0.4, -0.2) is 38.8 Å². The molecule has 1 aliphatic heterocycles. The van der Waals surface area contributed by atoms with Gasteiger partial charge in [-0.25, -0.2) is 0 Å².